The third-order valence-corrected chi connectivity index (χ3v) is 5.08. The fraction of sp³-hybridized carbons (Fsp3) is 0.304. The summed E-state index contributed by atoms with van der Waals surface area (Å²) >= 11 is 0. The Morgan fingerprint density at radius 3 is 2.63 bits per heavy atom. The van der Waals surface area contributed by atoms with E-state index in [9.17, 15) is 0 Å². The Morgan fingerprint density at radius 1 is 1.13 bits per heavy atom. The lowest BCUT2D eigenvalue weighted by atomic mass is 10.1. The highest BCUT2D eigenvalue weighted by Crippen LogP contribution is 2.33. The zero-order valence-corrected chi connectivity index (χ0v) is 17.2. The van der Waals surface area contributed by atoms with Gasteiger partial charge in [0.25, 0.3) is 0 Å². The molecule has 3 aromatic rings. The quantitative estimate of drug-likeness (QED) is 0.617. The van der Waals surface area contributed by atoms with Crippen molar-refractivity contribution >= 4 is 23.1 Å². The van der Waals surface area contributed by atoms with Gasteiger partial charge in [-0.1, -0.05) is 6.42 Å². The molecule has 1 saturated heterocycles. The van der Waals surface area contributed by atoms with Crippen molar-refractivity contribution in [1.29, 1.82) is 5.26 Å². The maximum Gasteiger partial charge on any atom is 0.242 e. The molecule has 0 radical (unpaired) electrons. The Morgan fingerprint density at radius 2 is 1.90 bits per heavy atom. The van der Waals surface area contributed by atoms with Crippen LogP contribution in [0.2, 0.25) is 0 Å². The van der Waals surface area contributed by atoms with E-state index in [2.05, 4.69) is 25.4 Å². The lowest BCUT2D eigenvalue weighted by molar-refractivity contribution is 0.270. The zero-order chi connectivity index (χ0) is 20.9. The second kappa shape index (κ2) is 8.89. The van der Waals surface area contributed by atoms with Crippen LogP contribution in [0.25, 0.3) is 17.1 Å². The Kier molecular flexibility index (Phi) is 5.87. The first-order chi connectivity index (χ1) is 14.6. The molecule has 1 aliphatic heterocycles. The van der Waals surface area contributed by atoms with Crippen molar-refractivity contribution in [1.82, 2.24) is 20.0 Å². The third-order valence-electron chi connectivity index (χ3n) is 5.08. The van der Waals surface area contributed by atoms with Crippen LogP contribution in [-0.2, 0) is 0 Å². The first-order valence-electron chi connectivity index (χ1n) is 10.1. The molecule has 152 valence electrons. The molecule has 1 aliphatic rings. The highest BCUT2D eigenvalue weighted by Gasteiger charge is 2.16. The first kappa shape index (κ1) is 19.8. The number of hydrazine groups is 1. The van der Waals surface area contributed by atoms with Gasteiger partial charge in [0.15, 0.2) is 5.65 Å². The Labute approximate surface area is 176 Å². The van der Waals surface area contributed by atoms with Gasteiger partial charge in [0.05, 0.1) is 11.5 Å². The number of aryl methyl sites for hydroxylation is 2. The molecule has 30 heavy (non-hydrogen) atoms. The molecule has 7 nitrogen and oxygen atoms in total. The maximum atomic E-state index is 8.77. The van der Waals surface area contributed by atoms with Crippen molar-refractivity contribution in [3.05, 3.63) is 53.2 Å². The summed E-state index contributed by atoms with van der Waals surface area (Å²) in [7, 11) is 0. The van der Waals surface area contributed by atoms with E-state index in [0.717, 1.165) is 53.8 Å². The average Bonchev–Trinajstić information content (AvgIpc) is 2.75. The summed E-state index contributed by atoms with van der Waals surface area (Å²) in [4.78, 5) is 13.6. The third kappa shape index (κ3) is 4.39. The van der Waals surface area contributed by atoms with Crippen LogP contribution in [0, 0.1) is 25.2 Å². The van der Waals surface area contributed by atoms with Crippen molar-refractivity contribution in [3.63, 3.8) is 0 Å². The molecule has 0 bridgehead atoms. The maximum absolute atomic E-state index is 8.77. The molecule has 1 aromatic carbocycles. The average molecular weight is 400 g/mol. The van der Waals surface area contributed by atoms with Gasteiger partial charge < -0.3 is 4.74 Å². The summed E-state index contributed by atoms with van der Waals surface area (Å²) in [5, 5.41) is 11.7. The summed E-state index contributed by atoms with van der Waals surface area (Å²) in [6, 6.07) is 9.77. The van der Waals surface area contributed by atoms with E-state index >= 15 is 0 Å². The number of hydrogen-bond acceptors (Lipinski definition) is 7. The van der Waals surface area contributed by atoms with Crippen LogP contribution in [0.5, 0.6) is 11.6 Å². The van der Waals surface area contributed by atoms with E-state index in [4.69, 9.17) is 10.00 Å². The van der Waals surface area contributed by atoms with E-state index < -0.39 is 0 Å². The van der Waals surface area contributed by atoms with E-state index in [0.29, 0.717) is 17.5 Å². The summed E-state index contributed by atoms with van der Waals surface area (Å²) in [5.41, 5.74) is 6.79. The number of aromatic nitrogens is 3. The minimum absolute atomic E-state index is 0.471. The summed E-state index contributed by atoms with van der Waals surface area (Å²) in [5.74, 6) is 1.71. The van der Waals surface area contributed by atoms with Gasteiger partial charge >= 0.3 is 0 Å². The van der Waals surface area contributed by atoms with E-state index in [1.807, 2.05) is 44.2 Å². The molecule has 0 spiro atoms. The van der Waals surface area contributed by atoms with Crippen molar-refractivity contribution in [2.45, 2.75) is 33.1 Å². The van der Waals surface area contributed by atoms with Crippen LogP contribution in [0.15, 0.2) is 36.5 Å². The van der Waals surface area contributed by atoms with E-state index in [-0.39, 0.29) is 0 Å². The monoisotopic (exact) mass is 400 g/mol. The van der Waals surface area contributed by atoms with Crippen molar-refractivity contribution in [2.75, 3.05) is 18.5 Å². The Hall–Kier alpha value is -3.50. The Bertz CT molecular complexity index is 1110. The van der Waals surface area contributed by atoms with Crippen LogP contribution < -0.4 is 10.2 Å². The zero-order valence-electron chi connectivity index (χ0n) is 17.2. The Balaban J connectivity index is 1.69. The fourth-order valence-corrected chi connectivity index (χ4v) is 3.68. The van der Waals surface area contributed by atoms with Gasteiger partial charge in [0, 0.05) is 25.4 Å². The number of fused-ring (bicyclic) bond motifs is 1. The smallest absolute Gasteiger partial charge is 0.242 e. The number of anilines is 1. The first-order valence-corrected chi connectivity index (χ1v) is 10.1. The summed E-state index contributed by atoms with van der Waals surface area (Å²) in [6.07, 6.45) is 8.55. The van der Waals surface area contributed by atoms with Gasteiger partial charge in [-0.05, 0) is 73.7 Å². The molecule has 1 N–H and O–H groups in total. The summed E-state index contributed by atoms with van der Waals surface area (Å²) < 4.78 is 6.30. The van der Waals surface area contributed by atoms with Gasteiger partial charge in [-0.25, -0.2) is 9.99 Å². The number of hydrogen-bond donors (Lipinski definition) is 1. The fourth-order valence-electron chi connectivity index (χ4n) is 3.68. The number of ether oxygens (including phenoxy) is 1. The predicted molar refractivity (Wildman–Crippen MR) is 117 cm³/mol. The number of piperidine rings is 1. The van der Waals surface area contributed by atoms with Gasteiger partial charge in [-0.15, -0.1) is 0 Å². The molecule has 0 saturated carbocycles. The minimum atomic E-state index is 0.471. The van der Waals surface area contributed by atoms with Crippen LogP contribution in [0.1, 0.15) is 36.0 Å². The lowest BCUT2D eigenvalue weighted by Crippen LogP contribution is -2.35. The predicted octanol–water partition coefficient (Wildman–Crippen LogP) is 4.78. The molecule has 0 amide bonds. The van der Waals surface area contributed by atoms with Gasteiger partial charge in [0.1, 0.15) is 5.75 Å². The van der Waals surface area contributed by atoms with Gasteiger partial charge in [0.2, 0.25) is 11.8 Å². The highest BCUT2D eigenvalue weighted by molar-refractivity contribution is 5.81. The number of pyridine rings is 1. The topological polar surface area (TPSA) is 87.0 Å². The second-order valence-electron chi connectivity index (χ2n) is 7.43. The number of nitrogens with zero attached hydrogens (tertiary/aromatic N) is 5. The molecule has 7 heteroatoms. The molecule has 0 unspecified atom stereocenters. The van der Waals surface area contributed by atoms with Gasteiger partial charge in [-0.2, -0.15) is 15.2 Å². The molecule has 0 aliphatic carbocycles. The van der Waals surface area contributed by atoms with Crippen molar-refractivity contribution < 1.29 is 4.74 Å². The van der Waals surface area contributed by atoms with Crippen LogP contribution in [0.4, 0.5) is 5.95 Å². The molecule has 0 atom stereocenters. The van der Waals surface area contributed by atoms with Crippen molar-refractivity contribution in [3.8, 4) is 17.7 Å². The second-order valence-corrected chi connectivity index (χ2v) is 7.43. The number of benzene rings is 1. The van der Waals surface area contributed by atoms with Crippen LogP contribution in [0.3, 0.4) is 0 Å². The standard InChI is InChI=1S/C23H24N6O/c1-16-14-18(8-6-10-24)15-17(2)20(16)30-22-19-9-7-11-25-21(19)26-23(27-22)28-29-12-4-3-5-13-29/h6-9,11,14-15H,3-5,12-13H2,1-2H3,(H,25,26,27,28)/b8-6+. The number of nitriles is 1. The molecule has 4 rings (SSSR count). The number of nitrogens with one attached hydrogen (secondary N) is 1. The largest absolute Gasteiger partial charge is 0.438 e. The van der Waals surface area contributed by atoms with E-state index in [1.165, 1.54) is 12.5 Å². The normalized spacial score (nSPS) is 14.7. The van der Waals surface area contributed by atoms with Crippen LogP contribution in [-0.4, -0.2) is 33.1 Å². The number of allylic oxidation sites excluding steroid dienone is 1. The lowest BCUT2D eigenvalue weighted by Gasteiger charge is -2.26. The minimum Gasteiger partial charge on any atom is -0.438 e. The van der Waals surface area contributed by atoms with Crippen LogP contribution >= 0.6 is 0 Å². The molecule has 2 aromatic heterocycles. The number of rotatable bonds is 5. The van der Waals surface area contributed by atoms with Gasteiger partial charge in [-0.3, -0.25) is 5.43 Å². The summed E-state index contributed by atoms with van der Waals surface area (Å²) in [6.45, 7) is 5.91. The SMILES string of the molecule is Cc1cc(/C=C/C#N)cc(C)c1Oc1nc(NN2CCCCC2)nc2ncccc12. The molecular formula is C23H24N6O. The molecule has 1 fully saturated rings. The van der Waals surface area contributed by atoms with Crippen molar-refractivity contribution in [2.24, 2.45) is 0 Å². The highest BCUT2D eigenvalue weighted by atomic mass is 16.5. The molecular weight excluding hydrogens is 376 g/mol. The molecule has 3 heterocycles. The van der Waals surface area contributed by atoms with E-state index in [1.54, 1.807) is 12.3 Å².